The van der Waals surface area contributed by atoms with Crippen LogP contribution in [0.5, 0.6) is 0 Å². The Morgan fingerprint density at radius 3 is 2.55 bits per heavy atom. The fourth-order valence-corrected chi connectivity index (χ4v) is 2.68. The molecule has 1 aromatic rings. The van der Waals surface area contributed by atoms with Crippen LogP contribution in [-0.2, 0) is 4.79 Å². The summed E-state index contributed by atoms with van der Waals surface area (Å²) in [7, 11) is 0. The van der Waals surface area contributed by atoms with Crippen molar-refractivity contribution in [1.82, 2.24) is 4.90 Å². The molecule has 0 aromatic heterocycles. The standard InChI is InChI=1S/C14H15F5N2O/c15-10-3-1-2-9(12(10)16)8-4-5-11(20)13(22)21(6-8)7-14(17,18)19/h1-3,8,11H,4-7,20H2/p+1/t8?,11-/m1/s1. The number of carbonyl (C=O) groups is 1. The zero-order valence-electron chi connectivity index (χ0n) is 11.7. The zero-order valence-corrected chi connectivity index (χ0v) is 11.7. The number of likely N-dealkylation sites (tertiary alicyclic amines) is 1. The molecule has 1 aliphatic rings. The van der Waals surface area contributed by atoms with Gasteiger partial charge in [-0.2, -0.15) is 13.2 Å². The summed E-state index contributed by atoms with van der Waals surface area (Å²) in [4.78, 5) is 12.6. The van der Waals surface area contributed by atoms with Crippen molar-refractivity contribution < 1.29 is 32.5 Å². The van der Waals surface area contributed by atoms with E-state index in [1.54, 1.807) is 0 Å². The third kappa shape index (κ3) is 3.73. The molecule has 0 bridgehead atoms. The number of amides is 1. The van der Waals surface area contributed by atoms with Crippen molar-refractivity contribution in [3.05, 3.63) is 35.4 Å². The average Bonchev–Trinajstić information content (AvgIpc) is 2.54. The van der Waals surface area contributed by atoms with Gasteiger partial charge in [0.1, 0.15) is 6.54 Å². The van der Waals surface area contributed by atoms with Crippen molar-refractivity contribution >= 4 is 5.91 Å². The first-order chi connectivity index (χ1) is 10.2. The highest BCUT2D eigenvalue weighted by molar-refractivity contribution is 5.80. The van der Waals surface area contributed by atoms with Crippen LogP contribution in [0.2, 0.25) is 0 Å². The lowest BCUT2D eigenvalue weighted by atomic mass is 9.93. The van der Waals surface area contributed by atoms with Gasteiger partial charge in [-0.3, -0.25) is 4.79 Å². The molecule has 1 aromatic carbocycles. The van der Waals surface area contributed by atoms with Gasteiger partial charge in [0.25, 0.3) is 5.91 Å². The summed E-state index contributed by atoms with van der Waals surface area (Å²) in [5, 5.41) is 0. The first-order valence-corrected chi connectivity index (χ1v) is 6.81. The van der Waals surface area contributed by atoms with Gasteiger partial charge in [0.15, 0.2) is 17.7 Å². The maximum Gasteiger partial charge on any atom is 0.406 e. The molecule has 3 nitrogen and oxygen atoms in total. The molecule has 1 fully saturated rings. The first-order valence-electron chi connectivity index (χ1n) is 6.81. The monoisotopic (exact) mass is 323 g/mol. The summed E-state index contributed by atoms with van der Waals surface area (Å²) in [5.74, 6) is -3.53. The molecule has 8 heteroatoms. The van der Waals surface area contributed by atoms with Crippen molar-refractivity contribution in [3.8, 4) is 0 Å². The zero-order chi connectivity index (χ0) is 16.5. The largest absolute Gasteiger partial charge is 0.406 e. The van der Waals surface area contributed by atoms with Crippen molar-refractivity contribution in [2.45, 2.75) is 31.0 Å². The van der Waals surface area contributed by atoms with E-state index in [9.17, 15) is 26.7 Å². The third-order valence-electron chi connectivity index (χ3n) is 3.76. The summed E-state index contributed by atoms with van der Waals surface area (Å²) in [6.07, 6.45) is -4.05. The average molecular weight is 323 g/mol. The van der Waals surface area contributed by atoms with Gasteiger partial charge < -0.3 is 10.6 Å². The molecule has 0 aliphatic carbocycles. The number of halogens is 5. The smallest absolute Gasteiger partial charge is 0.347 e. The molecule has 22 heavy (non-hydrogen) atoms. The number of carbonyl (C=O) groups excluding carboxylic acids is 1. The predicted molar refractivity (Wildman–Crippen MR) is 67.6 cm³/mol. The molecule has 0 radical (unpaired) electrons. The highest BCUT2D eigenvalue weighted by Crippen LogP contribution is 2.30. The van der Waals surface area contributed by atoms with Crippen LogP contribution in [-0.4, -0.2) is 36.1 Å². The Kier molecular flexibility index (Phi) is 4.69. The topological polar surface area (TPSA) is 48.0 Å². The molecule has 1 unspecified atom stereocenters. The number of rotatable bonds is 2. The van der Waals surface area contributed by atoms with Crippen LogP contribution in [0.1, 0.15) is 24.3 Å². The van der Waals surface area contributed by atoms with E-state index in [1.165, 1.54) is 12.1 Å². The predicted octanol–water partition coefficient (Wildman–Crippen LogP) is 1.84. The highest BCUT2D eigenvalue weighted by Gasteiger charge is 2.39. The molecule has 1 heterocycles. The lowest BCUT2D eigenvalue weighted by Gasteiger charge is -2.26. The molecule has 1 amide bonds. The number of hydrogen-bond acceptors (Lipinski definition) is 1. The molecular formula is C14H16F5N2O+. The summed E-state index contributed by atoms with van der Waals surface area (Å²) in [6.45, 7) is -1.71. The van der Waals surface area contributed by atoms with Crippen LogP contribution in [0, 0.1) is 11.6 Å². The second-order valence-electron chi connectivity index (χ2n) is 5.45. The fourth-order valence-electron chi connectivity index (χ4n) is 2.68. The van der Waals surface area contributed by atoms with E-state index in [2.05, 4.69) is 5.73 Å². The summed E-state index contributed by atoms with van der Waals surface area (Å²) >= 11 is 0. The molecule has 1 aliphatic heterocycles. The van der Waals surface area contributed by atoms with Gasteiger partial charge in [-0.25, -0.2) is 8.78 Å². The molecule has 0 spiro atoms. The molecule has 1 saturated heterocycles. The highest BCUT2D eigenvalue weighted by atomic mass is 19.4. The fraction of sp³-hybridized carbons (Fsp3) is 0.500. The quantitative estimate of drug-likeness (QED) is 0.830. The van der Waals surface area contributed by atoms with Gasteiger partial charge in [-0.15, -0.1) is 0 Å². The SMILES string of the molecule is [NH3+][C@@H]1CCC(c2cccc(F)c2F)CN(CC(F)(F)F)C1=O. The maximum absolute atomic E-state index is 13.9. The number of nitrogens with zero attached hydrogens (tertiary/aromatic N) is 1. The van der Waals surface area contributed by atoms with Gasteiger partial charge >= 0.3 is 6.18 Å². The third-order valence-corrected chi connectivity index (χ3v) is 3.76. The Bertz CT molecular complexity index is 561. The van der Waals surface area contributed by atoms with Crippen molar-refractivity contribution in [2.75, 3.05) is 13.1 Å². The normalized spacial score (nSPS) is 23.5. The van der Waals surface area contributed by atoms with E-state index in [4.69, 9.17) is 0 Å². The summed E-state index contributed by atoms with van der Waals surface area (Å²) < 4.78 is 65.0. The van der Waals surface area contributed by atoms with Crippen LogP contribution in [0.25, 0.3) is 0 Å². The molecule has 2 atom stereocenters. The van der Waals surface area contributed by atoms with E-state index in [0.29, 0.717) is 4.90 Å². The van der Waals surface area contributed by atoms with Crippen molar-refractivity contribution in [1.29, 1.82) is 0 Å². The van der Waals surface area contributed by atoms with E-state index in [1.807, 2.05) is 0 Å². The molecule has 2 rings (SSSR count). The Balaban J connectivity index is 2.29. The van der Waals surface area contributed by atoms with Crippen LogP contribution in [0.3, 0.4) is 0 Å². The molecule has 122 valence electrons. The minimum atomic E-state index is -4.55. The molecular weight excluding hydrogens is 307 g/mol. The second kappa shape index (κ2) is 6.20. The van der Waals surface area contributed by atoms with Crippen molar-refractivity contribution in [2.24, 2.45) is 0 Å². The van der Waals surface area contributed by atoms with Gasteiger partial charge in [-0.1, -0.05) is 12.1 Å². The molecule has 3 N–H and O–H groups in total. The number of alkyl halides is 3. The Labute approximate surface area is 123 Å². The van der Waals surface area contributed by atoms with Crippen LogP contribution in [0.15, 0.2) is 18.2 Å². The Morgan fingerprint density at radius 2 is 1.91 bits per heavy atom. The number of hydrogen-bond donors (Lipinski definition) is 1. The van der Waals surface area contributed by atoms with E-state index >= 15 is 0 Å². The van der Waals surface area contributed by atoms with Gasteiger partial charge in [0.05, 0.1) is 0 Å². The van der Waals surface area contributed by atoms with E-state index in [-0.39, 0.29) is 24.9 Å². The van der Waals surface area contributed by atoms with Gasteiger partial charge in [0.2, 0.25) is 0 Å². The number of quaternary nitrogens is 1. The summed E-state index contributed by atoms with van der Waals surface area (Å²) in [5.41, 5.74) is 3.56. The van der Waals surface area contributed by atoms with E-state index in [0.717, 1.165) is 6.07 Å². The lowest BCUT2D eigenvalue weighted by molar-refractivity contribution is -0.406. The van der Waals surface area contributed by atoms with Gasteiger partial charge in [-0.05, 0) is 18.1 Å². The van der Waals surface area contributed by atoms with Crippen molar-refractivity contribution in [3.63, 3.8) is 0 Å². The van der Waals surface area contributed by atoms with Crippen LogP contribution in [0.4, 0.5) is 22.0 Å². The van der Waals surface area contributed by atoms with Crippen LogP contribution >= 0.6 is 0 Å². The summed E-state index contributed by atoms with van der Waals surface area (Å²) in [6, 6.07) is 2.76. The van der Waals surface area contributed by atoms with Crippen LogP contribution < -0.4 is 5.73 Å². The Hall–Kier alpha value is -1.70. The minimum absolute atomic E-state index is 0.00549. The van der Waals surface area contributed by atoms with Gasteiger partial charge in [0, 0.05) is 18.9 Å². The minimum Gasteiger partial charge on any atom is -0.347 e. The first kappa shape index (κ1) is 16.7. The Morgan fingerprint density at radius 1 is 1.23 bits per heavy atom. The van der Waals surface area contributed by atoms with E-state index < -0.39 is 42.2 Å². The lowest BCUT2D eigenvalue weighted by Crippen LogP contribution is -2.67. The number of benzene rings is 1. The molecule has 0 saturated carbocycles. The second-order valence-corrected chi connectivity index (χ2v) is 5.45. The maximum atomic E-state index is 13.9.